The van der Waals surface area contributed by atoms with Gasteiger partial charge in [0, 0.05) is 12.6 Å². The van der Waals surface area contributed by atoms with E-state index < -0.39 is 0 Å². The van der Waals surface area contributed by atoms with E-state index in [1.807, 2.05) is 0 Å². The van der Waals surface area contributed by atoms with Crippen molar-refractivity contribution < 1.29 is 4.79 Å². The molecule has 17 heavy (non-hydrogen) atoms. The maximum Gasteiger partial charge on any atom is 0.239 e. The second kappa shape index (κ2) is 5.85. The molecule has 0 spiro atoms. The van der Waals surface area contributed by atoms with Crippen LogP contribution in [0.2, 0.25) is 0 Å². The fraction of sp³-hybridized carbons (Fsp3) is 0.929. The topological polar surface area (TPSA) is 46.3 Å². The van der Waals surface area contributed by atoms with Crippen molar-refractivity contribution in [1.82, 2.24) is 4.90 Å². The van der Waals surface area contributed by atoms with Crippen molar-refractivity contribution in [1.29, 1.82) is 0 Å². The first-order valence-electron chi connectivity index (χ1n) is 7.30. The van der Waals surface area contributed by atoms with E-state index in [0.29, 0.717) is 6.04 Å². The molecule has 2 rings (SSSR count). The minimum Gasteiger partial charge on any atom is -0.338 e. The molecule has 1 aliphatic heterocycles. The van der Waals surface area contributed by atoms with E-state index in [1.54, 1.807) is 0 Å². The van der Waals surface area contributed by atoms with E-state index in [2.05, 4.69) is 11.8 Å². The van der Waals surface area contributed by atoms with Crippen LogP contribution in [0.25, 0.3) is 0 Å². The third kappa shape index (κ3) is 2.82. The van der Waals surface area contributed by atoms with Crippen LogP contribution in [0.15, 0.2) is 0 Å². The molecule has 1 saturated heterocycles. The van der Waals surface area contributed by atoms with Crippen molar-refractivity contribution in [3.63, 3.8) is 0 Å². The van der Waals surface area contributed by atoms with Crippen LogP contribution in [0, 0.1) is 5.92 Å². The number of unbranched alkanes of at least 4 members (excludes halogenated alkanes) is 1. The van der Waals surface area contributed by atoms with Gasteiger partial charge in [0.25, 0.3) is 0 Å². The SMILES string of the molecule is CCCCC(N)C(=O)N1CCC2CCCCC21. The lowest BCUT2D eigenvalue weighted by atomic mass is 9.85. The van der Waals surface area contributed by atoms with E-state index >= 15 is 0 Å². The van der Waals surface area contributed by atoms with Crippen LogP contribution in [-0.4, -0.2) is 29.4 Å². The summed E-state index contributed by atoms with van der Waals surface area (Å²) in [5.41, 5.74) is 6.01. The highest BCUT2D eigenvalue weighted by Crippen LogP contribution is 2.36. The Bertz CT molecular complexity index is 267. The Morgan fingerprint density at radius 1 is 1.35 bits per heavy atom. The molecule has 1 heterocycles. The van der Waals surface area contributed by atoms with Gasteiger partial charge in [0.2, 0.25) is 5.91 Å². The number of likely N-dealkylation sites (tertiary alicyclic amines) is 1. The van der Waals surface area contributed by atoms with Crippen molar-refractivity contribution in [2.45, 2.75) is 70.4 Å². The van der Waals surface area contributed by atoms with E-state index in [1.165, 1.54) is 32.1 Å². The molecule has 3 heteroatoms. The number of carbonyl (C=O) groups is 1. The van der Waals surface area contributed by atoms with Gasteiger partial charge in [0.15, 0.2) is 0 Å². The zero-order chi connectivity index (χ0) is 12.3. The van der Waals surface area contributed by atoms with E-state index in [4.69, 9.17) is 5.73 Å². The second-order valence-electron chi connectivity index (χ2n) is 5.68. The van der Waals surface area contributed by atoms with Crippen molar-refractivity contribution >= 4 is 5.91 Å². The minimum absolute atomic E-state index is 0.216. The molecule has 1 amide bonds. The van der Waals surface area contributed by atoms with Crippen LogP contribution in [0.3, 0.4) is 0 Å². The number of hydrogen-bond donors (Lipinski definition) is 1. The Kier molecular flexibility index (Phi) is 4.43. The summed E-state index contributed by atoms with van der Waals surface area (Å²) >= 11 is 0. The summed E-state index contributed by atoms with van der Waals surface area (Å²) in [4.78, 5) is 14.4. The maximum atomic E-state index is 12.3. The van der Waals surface area contributed by atoms with E-state index in [9.17, 15) is 4.79 Å². The average Bonchev–Trinajstić information content (AvgIpc) is 2.78. The third-order valence-electron chi connectivity index (χ3n) is 4.48. The lowest BCUT2D eigenvalue weighted by Gasteiger charge is -2.33. The number of rotatable bonds is 4. The first kappa shape index (κ1) is 12.9. The van der Waals surface area contributed by atoms with E-state index in [0.717, 1.165) is 31.7 Å². The normalized spacial score (nSPS) is 30.1. The summed E-state index contributed by atoms with van der Waals surface area (Å²) < 4.78 is 0. The molecule has 2 fully saturated rings. The molecule has 1 saturated carbocycles. The van der Waals surface area contributed by atoms with Gasteiger partial charge in [0.05, 0.1) is 6.04 Å². The number of fused-ring (bicyclic) bond motifs is 1. The first-order chi connectivity index (χ1) is 8.24. The summed E-state index contributed by atoms with van der Waals surface area (Å²) in [5.74, 6) is 0.985. The Labute approximate surface area is 105 Å². The second-order valence-corrected chi connectivity index (χ2v) is 5.68. The van der Waals surface area contributed by atoms with Gasteiger partial charge in [-0.25, -0.2) is 0 Å². The lowest BCUT2D eigenvalue weighted by Crippen LogP contribution is -2.47. The monoisotopic (exact) mass is 238 g/mol. The molecule has 3 unspecified atom stereocenters. The van der Waals surface area contributed by atoms with Gasteiger partial charge in [0.1, 0.15) is 0 Å². The predicted molar refractivity (Wildman–Crippen MR) is 69.6 cm³/mol. The summed E-state index contributed by atoms with van der Waals surface area (Å²) in [6, 6.07) is 0.263. The molecule has 3 atom stereocenters. The van der Waals surface area contributed by atoms with Crippen molar-refractivity contribution in [2.24, 2.45) is 11.7 Å². The number of amides is 1. The quantitative estimate of drug-likeness (QED) is 0.817. The molecular weight excluding hydrogens is 212 g/mol. The summed E-state index contributed by atoms with van der Waals surface area (Å²) in [6.45, 7) is 3.10. The number of nitrogens with zero attached hydrogens (tertiary/aromatic N) is 1. The Balaban J connectivity index is 1.90. The maximum absolute atomic E-state index is 12.3. The van der Waals surface area contributed by atoms with Crippen LogP contribution >= 0.6 is 0 Å². The highest BCUT2D eigenvalue weighted by molar-refractivity contribution is 5.82. The molecule has 2 N–H and O–H groups in total. The van der Waals surface area contributed by atoms with Crippen molar-refractivity contribution in [2.75, 3.05) is 6.54 Å². The van der Waals surface area contributed by atoms with Gasteiger partial charge in [-0.1, -0.05) is 32.6 Å². The van der Waals surface area contributed by atoms with Gasteiger partial charge in [-0.3, -0.25) is 4.79 Å². The molecule has 0 aromatic heterocycles. The van der Waals surface area contributed by atoms with Crippen molar-refractivity contribution in [3.8, 4) is 0 Å². The smallest absolute Gasteiger partial charge is 0.239 e. The Hall–Kier alpha value is -0.570. The fourth-order valence-corrected chi connectivity index (χ4v) is 3.44. The number of carbonyl (C=O) groups excluding carboxylic acids is 1. The zero-order valence-electron chi connectivity index (χ0n) is 11.0. The fourth-order valence-electron chi connectivity index (χ4n) is 3.44. The number of hydrogen-bond acceptors (Lipinski definition) is 2. The average molecular weight is 238 g/mol. The molecule has 0 aromatic carbocycles. The summed E-state index contributed by atoms with van der Waals surface area (Å²) in [5, 5.41) is 0. The summed E-state index contributed by atoms with van der Waals surface area (Å²) in [7, 11) is 0. The molecule has 3 nitrogen and oxygen atoms in total. The van der Waals surface area contributed by atoms with Crippen LogP contribution in [0.4, 0.5) is 0 Å². The highest BCUT2D eigenvalue weighted by Gasteiger charge is 2.39. The zero-order valence-corrected chi connectivity index (χ0v) is 11.0. The molecule has 0 bridgehead atoms. The molecule has 1 aliphatic carbocycles. The van der Waals surface area contributed by atoms with Gasteiger partial charge < -0.3 is 10.6 Å². The molecule has 98 valence electrons. The number of nitrogens with two attached hydrogens (primary N) is 1. The predicted octanol–water partition coefficient (Wildman–Crippen LogP) is 2.29. The van der Waals surface area contributed by atoms with Gasteiger partial charge in [-0.2, -0.15) is 0 Å². The van der Waals surface area contributed by atoms with E-state index in [-0.39, 0.29) is 11.9 Å². The Morgan fingerprint density at radius 2 is 2.12 bits per heavy atom. The highest BCUT2D eigenvalue weighted by atomic mass is 16.2. The van der Waals surface area contributed by atoms with Crippen LogP contribution in [-0.2, 0) is 4.79 Å². The van der Waals surface area contributed by atoms with Gasteiger partial charge in [-0.05, 0) is 31.6 Å². The van der Waals surface area contributed by atoms with Crippen LogP contribution in [0.1, 0.15) is 58.3 Å². The summed E-state index contributed by atoms with van der Waals surface area (Å²) in [6.07, 6.45) is 9.40. The largest absolute Gasteiger partial charge is 0.338 e. The standard InChI is InChI=1S/C14H26N2O/c1-2-3-7-12(15)14(17)16-10-9-11-6-4-5-8-13(11)16/h11-13H,2-10,15H2,1H3. The van der Waals surface area contributed by atoms with Crippen LogP contribution < -0.4 is 5.73 Å². The Morgan fingerprint density at radius 3 is 2.88 bits per heavy atom. The molecule has 0 radical (unpaired) electrons. The van der Waals surface area contributed by atoms with Gasteiger partial charge >= 0.3 is 0 Å². The first-order valence-corrected chi connectivity index (χ1v) is 7.30. The molecule has 2 aliphatic rings. The molecular formula is C14H26N2O. The lowest BCUT2D eigenvalue weighted by molar-refractivity contribution is -0.134. The van der Waals surface area contributed by atoms with Crippen LogP contribution in [0.5, 0.6) is 0 Å². The third-order valence-corrected chi connectivity index (χ3v) is 4.48. The minimum atomic E-state index is -0.254. The van der Waals surface area contributed by atoms with Gasteiger partial charge in [-0.15, -0.1) is 0 Å². The van der Waals surface area contributed by atoms with Crippen molar-refractivity contribution in [3.05, 3.63) is 0 Å². The molecule has 0 aromatic rings.